The molecule has 0 aliphatic carbocycles. The lowest BCUT2D eigenvalue weighted by atomic mass is 10.0. The second-order valence-corrected chi connectivity index (χ2v) is 8.25. The number of rotatable bonds is 7. The van der Waals surface area contributed by atoms with Gasteiger partial charge in [0.2, 0.25) is 0 Å². The predicted molar refractivity (Wildman–Crippen MR) is 139 cm³/mol. The molecule has 0 aliphatic heterocycles. The Morgan fingerprint density at radius 2 is 2.03 bits per heavy atom. The van der Waals surface area contributed by atoms with Gasteiger partial charge in [0.1, 0.15) is 6.07 Å². The van der Waals surface area contributed by atoms with Crippen LogP contribution in [0.25, 0.3) is 22.0 Å². The summed E-state index contributed by atoms with van der Waals surface area (Å²) in [6.07, 6.45) is 5.48. The molecule has 4 rings (SSSR count). The number of aryl methyl sites for hydroxylation is 1. The van der Waals surface area contributed by atoms with Crippen molar-refractivity contribution in [1.82, 2.24) is 9.78 Å². The second kappa shape index (κ2) is 10.4. The van der Waals surface area contributed by atoms with Crippen LogP contribution in [0.15, 0.2) is 72.9 Å². The van der Waals surface area contributed by atoms with Gasteiger partial charge in [0.05, 0.1) is 23.0 Å². The summed E-state index contributed by atoms with van der Waals surface area (Å²) in [4.78, 5) is 12.9. The molecule has 34 heavy (non-hydrogen) atoms. The molecule has 170 valence electrons. The standard InChI is InChI=1S/C26H21Cl2N5O/c1-33-24-10-8-22(28)25(21(24)16-31-33)17-5-4-6-20(14-17)32-26(34)18-7-9-23(19(13-18)15-29)30-12-3-2-11-27/h2-10,13-14,16,30H,11-12H2,1H3,(H,32,34)/b3-2+. The molecule has 0 spiro atoms. The van der Waals surface area contributed by atoms with Gasteiger partial charge in [-0.15, -0.1) is 11.6 Å². The van der Waals surface area contributed by atoms with Crippen LogP contribution in [0.4, 0.5) is 11.4 Å². The van der Waals surface area contributed by atoms with Crippen LogP contribution in [0.1, 0.15) is 15.9 Å². The third kappa shape index (κ3) is 4.91. The second-order valence-electron chi connectivity index (χ2n) is 7.54. The minimum Gasteiger partial charge on any atom is -0.381 e. The monoisotopic (exact) mass is 489 g/mol. The maximum atomic E-state index is 12.9. The number of nitriles is 1. The molecule has 0 unspecified atom stereocenters. The molecule has 0 saturated heterocycles. The van der Waals surface area contributed by atoms with Crippen molar-refractivity contribution in [3.05, 3.63) is 89.1 Å². The fraction of sp³-hybridized carbons (Fsp3) is 0.115. The van der Waals surface area contributed by atoms with Crippen LogP contribution in [0.5, 0.6) is 0 Å². The van der Waals surface area contributed by atoms with Gasteiger partial charge in [-0.05, 0) is 48.0 Å². The Morgan fingerprint density at radius 1 is 1.18 bits per heavy atom. The van der Waals surface area contributed by atoms with Crippen molar-refractivity contribution in [3.8, 4) is 17.2 Å². The molecular weight excluding hydrogens is 469 g/mol. The highest BCUT2D eigenvalue weighted by Gasteiger charge is 2.14. The number of allylic oxidation sites excluding steroid dienone is 1. The van der Waals surface area contributed by atoms with Crippen molar-refractivity contribution < 1.29 is 4.79 Å². The molecule has 1 amide bonds. The van der Waals surface area contributed by atoms with Crippen molar-refractivity contribution in [2.24, 2.45) is 7.05 Å². The van der Waals surface area contributed by atoms with Crippen LogP contribution in [0.3, 0.4) is 0 Å². The van der Waals surface area contributed by atoms with Crippen LogP contribution in [-0.4, -0.2) is 28.1 Å². The van der Waals surface area contributed by atoms with Gasteiger partial charge in [0, 0.05) is 46.7 Å². The highest BCUT2D eigenvalue weighted by molar-refractivity contribution is 6.35. The first kappa shape index (κ1) is 23.4. The normalized spacial score (nSPS) is 11.0. The Labute approximate surface area is 207 Å². The Kier molecular flexibility index (Phi) is 7.17. The molecule has 2 N–H and O–H groups in total. The van der Waals surface area contributed by atoms with Crippen molar-refractivity contribution in [2.75, 3.05) is 23.1 Å². The van der Waals surface area contributed by atoms with Gasteiger partial charge < -0.3 is 10.6 Å². The molecule has 1 aromatic heterocycles. The number of nitrogens with one attached hydrogen (secondary N) is 2. The lowest BCUT2D eigenvalue weighted by Gasteiger charge is -2.11. The van der Waals surface area contributed by atoms with Crippen LogP contribution < -0.4 is 10.6 Å². The summed E-state index contributed by atoms with van der Waals surface area (Å²) in [6, 6.07) is 18.4. The average Bonchev–Trinajstić information content (AvgIpc) is 3.22. The van der Waals surface area contributed by atoms with E-state index in [2.05, 4.69) is 21.8 Å². The van der Waals surface area contributed by atoms with Crippen molar-refractivity contribution >= 4 is 51.4 Å². The summed E-state index contributed by atoms with van der Waals surface area (Å²) in [5, 5.41) is 21.4. The summed E-state index contributed by atoms with van der Waals surface area (Å²) in [5.41, 5.74) is 4.72. The number of amides is 1. The highest BCUT2D eigenvalue weighted by Crippen LogP contribution is 2.36. The van der Waals surface area contributed by atoms with E-state index >= 15 is 0 Å². The molecule has 0 bridgehead atoms. The van der Waals surface area contributed by atoms with Crippen LogP contribution in [-0.2, 0) is 7.05 Å². The van der Waals surface area contributed by atoms with E-state index in [0.717, 1.165) is 22.0 Å². The maximum Gasteiger partial charge on any atom is 0.255 e. The number of halogens is 2. The van der Waals surface area contributed by atoms with Gasteiger partial charge >= 0.3 is 0 Å². The number of alkyl halides is 1. The third-order valence-electron chi connectivity index (χ3n) is 5.36. The highest BCUT2D eigenvalue weighted by atomic mass is 35.5. The average molecular weight is 490 g/mol. The first-order valence-corrected chi connectivity index (χ1v) is 11.4. The lowest BCUT2D eigenvalue weighted by Crippen LogP contribution is -2.12. The first-order chi connectivity index (χ1) is 16.5. The molecule has 1 heterocycles. The molecule has 6 nitrogen and oxygen atoms in total. The Bertz CT molecular complexity index is 1440. The number of hydrogen-bond acceptors (Lipinski definition) is 4. The van der Waals surface area contributed by atoms with E-state index in [-0.39, 0.29) is 5.91 Å². The van der Waals surface area contributed by atoms with Crippen LogP contribution in [0.2, 0.25) is 5.02 Å². The van der Waals surface area contributed by atoms with Gasteiger partial charge in [-0.1, -0.05) is 35.9 Å². The zero-order chi connectivity index (χ0) is 24.1. The summed E-state index contributed by atoms with van der Waals surface area (Å²) in [5.74, 6) is 0.115. The molecule has 0 saturated carbocycles. The molecule has 0 atom stereocenters. The summed E-state index contributed by atoms with van der Waals surface area (Å²) in [6.45, 7) is 0.534. The molecule has 0 aliphatic rings. The summed E-state index contributed by atoms with van der Waals surface area (Å²) < 4.78 is 1.79. The topological polar surface area (TPSA) is 82.7 Å². The van der Waals surface area contributed by atoms with E-state index in [4.69, 9.17) is 23.2 Å². The Hall–Kier alpha value is -3.79. The fourth-order valence-electron chi connectivity index (χ4n) is 3.70. The number of hydrogen-bond donors (Lipinski definition) is 2. The lowest BCUT2D eigenvalue weighted by molar-refractivity contribution is 0.102. The molecule has 8 heteroatoms. The summed E-state index contributed by atoms with van der Waals surface area (Å²) >= 11 is 12.2. The number of carbonyl (C=O) groups excluding carboxylic acids is 1. The van der Waals surface area contributed by atoms with E-state index in [1.165, 1.54) is 0 Å². The largest absolute Gasteiger partial charge is 0.381 e. The van der Waals surface area contributed by atoms with Crippen molar-refractivity contribution in [3.63, 3.8) is 0 Å². The quantitative estimate of drug-likeness (QED) is 0.238. The fourth-order valence-corrected chi connectivity index (χ4v) is 4.10. The molecule has 0 fully saturated rings. The van der Waals surface area contributed by atoms with E-state index < -0.39 is 0 Å². The number of nitrogens with zero attached hydrogens (tertiary/aromatic N) is 3. The van der Waals surface area contributed by atoms with Gasteiger partial charge in [-0.3, -0.25) is 9.48 Å². The van der Waals surface area contributed by atoms with Gasteiger partial charge in [0.15, 0.2) is 0 Å². The molecule has 0 radical (unpaired) electrons. The summed E-state index contributed by atoms with van der Waals surface area (Å²) in [7, 11) is 1.88. The molecule has 3 aromatic carbocycles. The number of benzene rings is 3. The number of carbonyl (C=O) groups is 1. The van der Waals surface area contributed by atoms with E-state index in [1.807, 2.05) is 55.6 Å². The van der Waals surface area contributed by atoms with E-state index in [0.29, 0.717) is 39.9 Å². The van der Waals surface area contributed by atoms with E-state index in [9.17, 15) is 10.1 Å². The van der Waals surface area contributed by atoms with Gasteiger partial charge in [0.25, 0.3) is 5.91 Å². The number of fused-ring (bicyclic) bond motifs is 1. The SMILES string of the molecule is Cn1ncc2c(-c3cccc(NC(=O)c4ccc(NC/C=C/CCl)c(C#N)c4)c3)c(Cl)ccc21. The predicted octanol–water partition coefficient (Wildman–Crippen LogP) is 6.22. The van der Waals surface area contributed by atoms with Gasteiger partial charge in [-0.2, -0.15) is 10.4 Å². The molecular formula is C26H21Cl2N5O. The van der Waals surface area contributed by atoms with Crippen molar-refractivity contribution in [1.29, 1.82) is 5.26 Å². The minimum atomic E-state index is -0.312. The number of aromatic nitrogens is 2. The Balaban J connectivity index is 1.57. The minimum absolute atomic E-state index is 0.312. The first-order valence-electron chi connectivity index (χ1n) is 10.5. The van der Waals surface area contributed by atoms with Crippen LogP contribution >= 0.6 is 23.2 Å². The third-order valence-corrected chi connectivity index (χ3v) is 5.85. The van der Waals surface area contributed by atoms with Crippen LogP contribution in [0, 0.1) is 11.3 Å². The zero-order valence-corrected chi connectivity index (χ0v) is 19.9. The number of anilines is 2. The Morgan fingerprint density at radius 3 is 2.82 bits per heavy atom. The van der Waals surface area contributed by atoms with Gasteiger partial charge in [-0.25, -0.2) is 0 Å². The zero-order valence-electron chi connectivity index (χ0n) is 18.3. The maximum absolute atomic E-state index is 12.9. The molecule has 4 aromatic rings. The van der Waals surface area contributed by atoms with Crippen molar-refractivity contribution in [2.45, 2.75) is 0 Å². The smallest absolute Gasteiger partial charge is 0.255 e. The van der Waals surface area contributed by atoms with E-state index in [1.54, 1.807) is 29.1 Å².